The van der Waals surface area contributed by atoms with Gasteiger partial charge in [-0.2, -0.15) is 0 Å². The molecule has 0 bridgehead atoms. The van der Waals surface area contributed by atoms with Gasteiger partial charge in [0.15, 0.2) is 0 Å². The molecule has 0 atom stereocenters. The Morgan fingerprint density at radius 1 is 0.574 bits per heavy atom. The molecule has 0 aliphatic heterocycles. The second-order valence-corrected chi connectivity index (χ2v) is 17.3. The van der Waals surface area contributed by atoms with E-state index in [0.29, 0.717) is 0 Å². The molecule has 0 heterocycles. The molecule has 0 aromatic heterocycles. The van der Waals surface area contributed by atoms with Crippen LogP contribution in [0.1, 0.15) is 147 Å². The molecule has 0 saturated heterocycles. The van der Waals surface area contributed by atoms with Crippen LogP contribution in [0.2, 0.25) is 0 Å². The van der Waals surface area contributed by atoms with E-state index in [2.05, 4.69) is 141 Å². The second kappa shape index (κ2) is 27.1. The first kappa shape index (κ1) is 45.9. The maximum absolute atomic E-state index is 5.35. The Bertz CT molecular complexity index is 1700. The van der Waals surface area contributed by atoms with E-state index in [1.165, 1.54) is 122 Å². The van der Waals surface area contributed by atoms with Gasteiger partial charge in [-0.1, -0.05) is 153 Å². The summed E-state index contributed by atoms with van der Waals surface area (Å²) in [6.07, 6.45) is 20.5. The van der Waals surface area contributed by atoms with Gasteiger partial charge in [-0.25, -0.2) is 0 Å². The Morgan fingerprint density at radius 3 is 1.67 bits per heavy atom. The molecule has 0 radical (unpaired) electrons. The summed E-state index contributed by atoms with van der Waals surface area (Å²) in [6.45, 7) is 13.5. The summed E-state index contributed by atoms with van der Waals surface area (Å²) in [4.78, 5) is 10.7. The summed E-state index contributed by atoms with van der Waals surface area (Å²) in [6, 6.07) is 31.4. The summed E-state index contributed by atoms with van der Waals surface area (Å²) >= 11 is 3.76. The van der Waals surface area contributed by atoms with Gasteiger partial charge in [-0.15, -0.1) is 0 Å². The van der Waals surface area contributed by atoms with Crippen molar-refractivity contribution in [2.75, 3.05) is 0 Å². The summed E-state index contributed by atoms with van der Waals surface area (Å²) < 4.78 is 0. The van der Waals surface area contributed by atoms with E-state index in [4.69, 9.17) is 20.2 Å². The first-order valence-corrected chi connectivity index (χ1v) is 24.6. The predicted molar refractivity (Wildman–Crippen MR) is 242 cm³/mol. The number of aliphatic imine (C=N–C) groups is 2. The third-order valence-corrected chi connectivity index (χ3v) is 10.3. The van der Waals surface area contributed by atoms with Gasteiger partial charge in [0.2, 0.25) is 0 Å². The average Bonchev–Trinajstić information content (AvgIpc) is 3.20. The van der Waals surface area contributed by atoms with Gasteiger partial charge >= 0.3 is 36.2 Å². The van der Waals surface area contributed by atoms with Crippen molar-refractivity contribution in [3.05, 3.63) is 107 Å². The number of hydrogen-bond donors (Lipinski definition) is 0. The Hall–Kier alpha value is -2.52. The Balaban J connectivity index is 0.00000253. The molecular weight excluding hydrogens is 791 g/mol. The van der Waals surface area contributed by atoms with Crippen molar-refractivity contribution in [3.63, 3.8) is 0 Å². The molecule has 54 heavy (non-hydrogen) atoms. The fourth-order valence-corrected chi connectivity index (χ4v) is 7.46. The van der Waals surface area contributed by atoms with E-state index >= 15 is 0 Å². The first-order chi connectivity index (χ1) is 26.4. The Labute approximate surface area is 347 Å². The molecule has 0 aliphatic rings. The summed E-state index contributed by atoms with van der Waals surface area (Å²) in [7, 11) is 4.85. The molecule has 0 N–H and O–H groups in total. The third kappa shape index (κ3) is 15.2. The van der Waals surface area contributed by atoms with Crippen LogP contribution in [0.15, 0.2) is 94.9 Å². The number of halogens is 2. The number of nitrogens with zero attached hydrogens (tertiary/aromatic N) is 2. The van der Waals surface area contributed by atoms with Crippen LogP contribution in [0.25, 0.3) is 22.3 Å². The quantitative estimate of drug-likeness (QED) is 0.0427. The van der Waals surface area contributed by atoms with E-state index in [-0.39, 0.29) is 0 Å². The van der Waals surface area contributed by atoms with Crippen LogP contribution in [-0.4, -0.2) is 11.4 Å². The van der Waals surface area contributed by atoms with E-state index in [9.17, 15) is 0 Å². The summed E-state index contributed by atoms with van der Waals surface area (Å²) in [5.74, 6) is 0. The molecule has 2 nitrogen and oxygen atoms in total. The Morgan fingerprint density at radius 2 is 1.07 bits per heavy atom. The van der Waals surface area contributed by atoms with E-state index in [0.717, 1.165) is 66.7 Å². The predicted octanol–water partition coefficient (Wildman–Crippen LogP) is 16.8. The zero-order valence-electron chi connectivity index (χ0n) is 34.1. The minimum absolute atomic E-state index is 0.841. The zero-order chi connectivity index (χ0) is 39.0. The van der Waals surface area contributed by atoms with E-state index in [1.54, 1.807) is 0 Å². The van der Waals surface area contributed by atoms with Crippen molar-refractivity contribution in [2.45, 2.75) is 151 Å². The van der Waals surface area contributed by atoms with Gasteiger partial charge in [0.1, 0.15) is 0 Å². The van der Waals surface area contributed by atoms with Gasteiger partial charge in [-0.3, -0.25) is 9.98 Å². The standard InChI is InChI=1S/C49H66N2.BrH.ClH.Ni/c1-7-12-15-17-18-22-31-42-35-45(37-47(46(42)33-14-9-3)40-27-23-19-24-28-40)50-38(6)48(11-5)51-44-34-39(10-4)49(41-29-25-20-26-30-41)43(36-44)32-21-16-13-8-2;;;/h19-20,23-30,34-37H,7-18,21-22,31-33H2,1-6H3;2*1H;/q;;;+2/p-2. The van der Waals surface area contributed by atoms with E-state index < -0.39 is 0 Å². The molecule has 0 fully saturated rings. The van der Waals surface area contributed by atoms with Crippen molar-refractivity contribution < 1.29 is 11.8 Å². The fourth-order valence-electron chi connectivity index (χ4n) is 7.46. The van der Waals surface area contributed by atoms with Crippen molar-refractivity contribution in [1.29, 1.82) is 0 Å². The number of unbranched alkanes of at least 4 members (excludes halogenated alkanes) is 9. The summed E-state index contributed by atoms with van der Waals surface area (Å²) in [5.41, 5.74) is 15.4. The van der Waals surface area contributed by atoms with Crippen molar-refractivity contribution >= 4 is 47.2 Å². The molecular formula is C49H66BrClN2Ni. The second-order valence-electron chi connectivity index (χ2n) is 14.4. The number of aryl methyl sites for hydroxylation is 3. The topological polar surface area (TPSA) is 24.7 Å². The molecule has 296 valence electrons. The zero-order valence-corrected chi connectivity index (χ0v) is 37.4. The molecule has 5 heteroatoms. The minimum atomic E-state index is 0.841. The molecule has 0 amide bonds. The van der Waals surface area contributed by atoms with E-state index in [1.807, 2.05) is 0 Å². The fraction of sp³-hybridized carbons (Fsp3) is 0.469. The van der Waals surface area contributed by atoms with Crippen LogP contribution >= 0.6 is 24.4 Å². The van der Waals surface area contributed by atoms with Crippen LogP contribution in [-0.2, 0) is 37.5 Å². The Kier molecular flexibility index (Phi) is 23.1. The number of benzene rings is 4. The summed E-state index contributed by atoms with van der Waals surface area (Å²) in [5, 5.41) is 0. The van der Waals surface area contributed by atoms with Crippen LogP contribution in [0, 0.1) is 0 Å². The first-order valence-electron chi connectivity index (χ1n) is 20.8. The molecule has 0 saturated carbocycles. The van der Waals surface area contributed by atoms with Crippen LogP contribution in [0.3, 0.4) is 0 Å². The number of rotatable bonds is 22. The van der Waals surface area contributed by atoms with Crippen molar-refractivity contribution in [1.82, 2.24) is 0 Å². The van der Waals surface area contributed by atoms with Crippen molar-refractivity contribution in [2.24, 2.45) is 9.98 Å². The molecule has 0 spiro atoms. The molecule has 4 aromatic rings. The molecule has 4 aromatic carbocycles. The maximum atomic E-state index is 5.35. The van der Waals surface area contributed by atoms with Gasteiger partial charge in [0, 0.05) is 0 Å². The normalized spacial score (nSPS) is 11.9. The van der Waals surface area contributed by atoms with Crippen molar-refractivity contribution in [3.8, 4) is 22.3 Å². The molecule has 0 aliphatic carbocycles. The third-order valence-electron chi connectivity index (χ3n) is 10.3. The molecule has 4 rings (SSSR count). The van der Waals surface area contributed by atoms with Gasteiger partial charge < -0.3 is 0 Å². The number of hydrogen-bond acceptors (Lipinski definition) is 2. The average molecular weight is 857 g/mol. The van der Waals surface area contributed by atoms with Gasteiger partial charge in [-0.05, 0) is 127 Å². The molecule has 0 unspecified atom stereocenters. The van der Waals surface area contributed by atoms with Crippen LogP contribution in [0.5, 0.6) is 0 Å². The van der Waals surface area contributed by atoms with Gasteiger partial charge in [0.25, 0.3) is 0 Å². The van der Waals surface area contributed by atoms with Gasteiger partial charge in [0.05, 0.1) is 22.8 Å². The van der Waals surface area contributed by atoms with Crippen LogP contribution in [0.4, 0.5) is 11.4 Å². The monoisotopic (exact) mass is 854 g/mol. The van der Waals surface area contributed by atoms with Crippen LogP contribution < -0.4 is 0 Å². The SMILES string of the molecule is CCCCCCCCc1cc(N=C(C)C(CC)=Nc2cc(CC)c(-c3ccccc3)c(CCCCCC)c2)cc(-c2ccccc2)c1CCCC.[Cl][Ni][Br].